The first-order chi connectivity index (χ1) is 12.8. The summed E-state index contributed by atoms with van der Waals surface area (Å²) < 4.78 is 0. The van der Waals surface area contributed by atoms with Gasteiger partial charge in [0.05, 0.1) is 12.8 Å². The van der Waals surface area contributed by atoms with Crippen molar-refractivity contribution in [2.45, 2.75) is 31.3 Å². The molecule has 10 nitrogen and oxygen atoms in total. The second-order valence-electron chi connectivity index (χ2n) is 5.97. The normalized spacial score (nSPS) is 20.3. The molecule has 7 N–H and O–H groups in total. The SMILES string of the molecule is Cc1ccc(/C=C2\N=C(N/N=C/[C@H](O)[C@@H](O)[C@@H](O)[C@H](O)CO)NC2=O)cc1. The largest absolute Gasteiger partial charge is 0.394 e. The summed E-state index contributed by atoms with van der Waals surface area (Å²) in [6.45, 7) is 1.17. The first-order valence-corrected chi connectivity index (χ1v) is 8.12. The van der Waals surface area contributed by atoms with Gasteiger partial charge < -0.3 is 25.5 Å². The van der Waals surface area contributed by atoms with Crippen molar-refractivity contribution in [3.8, 4) is 0 Å². The molecule has 0 bridgehead atoms. The van der Waals surface area contributed by atoms with E-state index >= 15 is 0 Å². The highest BCUT2D eigenvalue weighted by Gasteiger charge is 2.29. The number of aliphatic hydroxyl groups excluding tert-OH is 5. The van der Waals surface area contributed by atoms with Crippen LogP contribution in [-0.2, 0) is 4.79 Å². The van der Waals surface area contributed by atoms with E-state index in [1.54, 1.807) is 6.08 Å². The second-order valence-corrected chi connectivity index (χ2v) is 5.97. The van der Waals surface area contributed by atoms with Gasteiger partial charge in [-0.1, -0.05) is 29.8 Å². The summed E-state index contributed by atoms with van der Waals surface area (Å²) in [7, 11) is 0. The fourth-order valence-corrected chi connectivity index (χ4v) is 2.14. The van der Waals surface area contributed by atoms with Crippen molar-refractivity contribution < 1.29 is 30.3 Å². The summed E-state index contributed by atoms with van der Waals surface area (Å²) in [5.41, 5.74) is 4.44. The Morgan fingerprint density at radius 1 is 1.19 bits per heavy atom. The highest BCUT2D eigenvalue weighted by molar-refractivity contribution is 6.13. The molecule has 1 heterocycles. The van der Waals surface area contributed by atoms with Crippen molar-refractivity contribution in [2.24, 2.45) is 10.1 Å². The molecule has 4 atom stereocenters. The number of hydrogen-bond donors (Lipinski definition) is 7. The van der Waals surface area contributed by atoms with E-state index in [-0.39, 0.29) is 11.7 Å². The maximum atomic E-state index is 11.9. The van der Waals surface area contributed by atoms with Gasteiger partial charge in [-0.2, -0.15) is 5.10 Å². The Kier molecular flexibility index (Phi) is 7.16. The molecular formula is C17H22N4O6. The smallest absolute Gasteiger partial charge is 0.276 e. The van der Waals surface area contributed by atoms with Crippen LogP contribution in [-0.4, -0.2) is 74.6 Å². The van der Waals surface area contributed by atoms with Gasteiger partial charge in [0.15, 0.2) is 0 Å². The molecule has 0 spiro atoms. The zero-order chi connectivity index (χ0) is 20.0. The fraction of sp³-hybridized carbons (Fsp3) is 0.353. The van der Waals surface area contributed by atoms with Gasteiger partial charge >= 0.3 is 0 Å². The Labute approximate surface area is 155 Å². The number of nitrogens with one attached hydrogen (secondary N) is 2. The molecule has 1 amide bonds. The van der Waals surface area contributed by atoms with Crippen molar-refractivity contribution >= 4 is 24.2 Å². The van der Waals surface area contributed by atoms with Crippen LogP contribution in [0, 0.1) is 6.92 Å². The minimum atomic E-state index is -1.77. The summed E-state index contributed by atoms with van der Waals surface area (Å²) >= 11 is 0. The van der Waals surface area contributed by atoms with Crippen LogP contribution in [0.25, 0.3) is 6.08 Å². The number of carbonyl (C=O) groups excluding carboxylic acids is 1. The maximum absolute atomic E-state index is 11.9. The number of hydrogen-bond acceptors (Lipinski definition) is 9. The van der Waals surface area contributed by atoms with Gasteiger partial charge in [0.2, 0.25) is 5.96 Å². The highest BCUT2D eigenvalue weighted by Crippen LogP contribution is 2.12. The van der Waals surface area contributed by atoms with Gasteiger partial charge in [0.25, 0.3) is 5.91 Å². The van der Waals surface area contributed by atoms with E-state index < -0.39 is 36.9 Å². The van der Waals surface area contributed by atoms with E-state index in [4.69, 9.17) is 5.11 Å². The first kappa shape index (κ1) is 20.7. The second kappa shape index (κ2) is 9.35. The van der Waals surface area contributed by atoms with E-state index in [1.807, 2.05) is 31.2 Å². The Balaban J connectivity index is 1.96. The van der Waals surface area contributed by atoms with Crippen LogP contribution in [0.2, 0.25) is 0 Å². The van der Waals surface area contributed by atoms with Crippen molar-refractivity contribution in [2.75, 3.05) is 6.61 Å². The number of hydrazone groups is 1. The number of rotatable bonds is 7. The number of aliphatic hydroxyl groups is 5. The predicted octanol–water partition coefficient (Wildman–Crippen LogP) is -2.17. The third-order valence-corrected chi connectivity index (χ3v) is 3.76. The van der Waals surface area contributed by atoms with Crippen LogP contribution in [0.1, 0.15) is 11.1 Å². The molecule has 0 aromatic heterocycles. The van der Waals surface area contributed by atoms with Gasteiger partial charge in [-0.05, 0) is 18.6 Å². The maximum Gasteiger partial charge on any atom is 0.276 e. The van der Waals surface area contributed by atoms with Crippen LogP contribution < -0.4 is 10.7 Å². The van der Waals surface area contributed by atoms with Gasteiger partial charge in [0, 0.05) is 0 Å². The molecular weight excluding hydrogens is 356 g/mol. The van der Waals surface area contributed by atoms with Gasteiger partial charge in [0.1, 0.15) is 30.1 Å². The van der Waals surface area contributed by atoms with E-state index in [2.05, 4.69) is 20.8 Å². The van der Waals surface area contributed by atoms with E-state index in [0.29, 0.717) is 0 Å². The minimum absolute atomic E-state index is 0.0206. The first-order valence-electron chi connectivity index (χ1n) is 8.12. The number of aryl methyl sites for hydroxylation is 1. The fourth-order valence-electron chi connectivity index (χ4n) is 2.14. The zero-order valence-corrected chi connectivity index (χ0v) is 14.5. The topological polar surface area (TPSA) is 167 Å². The molecule has 1 aromatic carbocycles. The Hall–Kier alpha value is -2.63. The molecule has 1 aliphatic rings. The van der Waals surface area contributed by atoms with Crippen LogP contribution in [0.3, 0.4) is 0 Å². The van der Waals surface area contributed by atoms with Crippen molar-refractivity contribution in [3.05, 3.63) is 41.1 Å². The summed E-state index contributed by atoms with van der Waals surface area (Å²) in [5, 5.41) is 52.9. The van der Waals surface area contributed by atoms with E-state index in [1.165, 1.54) is 0 Å². The molecule has 0 radical (unpaired) electrons. The lowest BCUT2D eigenvalue weighted by Crippen LogP contribution is -2.46. The predicted molar refractivity (Wildman–Crippen MR) is 97.5 cm³/mol. The molecule has 0 fully saturated rings. The number of benzene rings is 1. The lowest BCUT2D eigenvalue weighted by molar-refractivity contribution is -0.115. The van der Waals surface area contributed by atoms with Crippen LogP contribution in [0.4, 0.5) is 0 Å². The summed E-state index contributed by atoms with van der Waals surface area (Å²) in [4.78, 5) is 15.9. The molecule has 0 unspecified atom stereocenters. The van der Waals surface area contributed by atoms with Gasteiger partial charge in [-0.15, -0.1) is 0 Å². The van der Waals surface area contributed by atoms with Gasteiger partial charge in [-0.3, -0.25) is 10.1 Å². The van der Waals surface area contributed by atoms with Crippen molar-refractivity contribution in [1.82, 2.24) is 10.7 Å². The van der Waals surface area contributed by atoms with Crippen LogP contribution in [0.5, 0.6) is 0 Å². The van der Waals surface area contributed by atoms with Crippen LogP contribution in [0.15, 0.2) is 40.1 Å². The Morgan fingerprint density at radius 3 is 2.48 bits per heavy atom. The Morgan fingerprint density at radius 2 is 1.85 bits per heavy atom. The Bertz CT molecular complexity index is 746. The number of aliphatic imine (C=N–C) groups is 1. The van der Waals surface area contributed by atoms with Gasteiger partial charge in [-0.25, -0.2) is 10.4 Å². The molecule has 0 saturated carbocycles. The molecule has 10 heteroatoms. The van der Waals surface area contributed by atoms with Crippen LogP contribution >= 0.6 is 0 Å². The van der Waals surface area contributed by atoms with E-state index in [0.717, 1.165) is 17.3 Å². The molecule has 0 saturated heterocycles. The third kappa shape index (κ3) is 5.67. The van der Waals surface area contributed by atoms with E-state index in [9.17, 15) is 25.2 Å². The quantitative estimate of drug-likeness (QED) is 0.161. The molecule has 0 aliphatic carbocycles. The number of nitrogens with zero attached hydrogens (tertiary/aromatic N) is 2. The number of carbonyl (C=O) groups is 1. The summed E-state index contributed by atoms with van der Waals surface area (Å²) in [6, 6.07) is 7.50. The molecule has 1 aromatic rings. The van der Waals surface area contributed by atoms with Crippen molar-refractivity contribution in [3.63, 3.8) is 0 Å². The minimum Gasteiger partial charge on any atom is -0.394 e. The zero-order valence-electron chi connectivity index (χ0n) is 14.5. The molecule has 1 aliphatic heterocycles. The molecule has 27 heavy (non-hydrogen) atoms. The average molecular weight is 378 g/mol. The molecule has 146 valence electrons. The number of guanidine groups is 1. The third-order valence-electron chi connectivity index (χ3n) is 3.76. The summed E-state index contributed by atoms with van der Waals surface area (Å²) in [6.07, 6.45) is -4.32. The summed E-state index contributed by atoms with van der Waals surface area (Å²) in [5.74, 6) is -0.414. The monoisotopic (exact) mass is 378 g/mol. The molecule has 2 rings (SSSR count). The highest BCUT2D eigenvalue weighted by atomic mass is 16.4. The lowest BCUT2D eigenvalue weighted by atomic mass is 10.0. The average Bonchev–Trinajstić information content (AvgIpc) is 3.00. The number of amides is 1. The lowest BCUT2D eigenvalue weighted by Gasteiger charge is -2.23. The van der Waals surface area contributed by atoms with Crippen molar-refractivity contribution in [1.29, 1.82) is 0 Å². The standard InChI is InChI=1S/C17H22N4O6/c1-9-2-4-10(5-3-9)6-11-16(27)20-17(19-11)21-18-7-12(23)14(25)15(26)13(24)8-22/h2-7,12-15,22-26H,8H2,1H3,(H2,19,20,21,27)/b11-6-,18-7+/t12-,13+,14+,15-/m0/s1.